The van der Waals surface area contributed by atoms with Gasteiger partial charge in [-0.25, -0.2) is 14.5 Å². The van der Waals surface area contributed by atoms with Gasteiger partial charge in [0.15, 0.2) is 5.84 Å². The molecule has 0 aliphatic carbocycles. The van der Waals surface area contributed by atoms with E-state index in [0.29, 0.717) is 34.6 Å². The van der Waals surface area contributed by atoms with Crippen LogP contribution in [0.5, 0.6) is 0 Å². The van der Waals surface area contributed by atoms with E-state index >= 15 is 0 Å². The minimum Gasteiger partial charge on any atom is -0.397 e. The molecule has 0 saturated heterocycles. The Bertz CT molecular complexity index is 1170. The SMILES string of the molecule is Nc1c(-c2cn(C3=NNC(=O)CC3)nc2-c2ccc(F)cc2)ccnc1CC(F)(F)F. The van der Waals surface area contributed by atoms with E-state index in [0.717, 1.165) is 0 Å². The maximum Gasteiger partial charge on any atom is 0.394 e. The van der Waals surface area contributed by atoms with Crippen molar-refractivity contribution in [2.75, 3.05) is 5.73 Å². The van der Waals surface area contributed by atoms with Crippen molar-refractivity contribution in [1.29, 1.82) is 0 Å². The lowest BCUT2D eigenvalue weighted by Crippen LogP contribution is -2.29. The molecule has 31 heavy (non-hydrogen) atoms. The van der Waals surface area contributed by atoms with Crippen molar-refractivity contribution in [1.82, 2.24) is 20.2 Å². The molecule has 0 spiro atoms. The van der Waals surface area contributed by atoms with Gasteiger partial charge in [-0.15, -0.1) is 0 Å². The average Bonchev–Trinajstić information content (AvgIpc) is 3.15. The molecule has 3 N–H and O–H groups in total. The van der Waals surface area contributed by atoms with Gasteiger partial charge < -0.3 is 5.73 Å². The van der Waals surface area contributed by atoms with Crippen LogP contribution in [0.15, 0.2) is 47.8 Å². The first-order valence-corrected chi connectivity index (χ1v) is 9.23. The summed E-state index contributed by atoms with van der Waals surface area (Å²) in [5, 5.41) is 8.48. The van der Waals surface area contributed by atoms with E-state index in [1.165, 1.54) is 41.2 Å². The number of nitrogens with two attached hydrogens (primary N) is 1. The van der Waals surface area contributed by atoms with Crippen LogP contribution in [0.1, 0.15) is 18.5 Å². The fourth-order valence-electron chi connectivity index (χ4n) is 3.24. The molecule has 0 unspecified atom stereocenters. The van der Waals surface area contributed by atoms with Gasteiger partial charge in [-0.3, -0.25) is 9.78 Å². The molecule has 4 rings (SSSR count). The quantitative estimate of drug-likeness (QED) is 0.619. The smallest absolute Gasteiger partial charge is 0.394 e. The zero-order valence-electron chi connectivity index (χ0n) is 15.9. The second-order valence-corrected chi connectivity index (χ2v) is 6.92. The first kappa shape index (κ1) is 20.5. The number of benzene rings is 1. The lowest BCUT2D eigenvalue weighted by atomic mass is 9.99. The van der Waals surface area contributed by atoms with Gasteiger partial charge in [0.25, 0.3) is 0 Å². The summed E-state index contributed by atoms with van der Waals surface area (Å²) < 4.78 is 53.6. The monoisotopic (exact) mass is 432 g/mol. The first-order valence-electron chi connectivity index (χ1n) is 9.23. The fourth-order valence-corrected chi connectivity index (χ4v) is 3.24. The van der Waals surface area contributed by atoms with Gasteiger partial charge in [-0.1, -0.05) is 0 Å². The van der Waals surface area contributed by atoms with Gasteiger partial charge in [0.1, 0.15) is 11.5 Å². The van der Waals surface area contributed by atoms with Crippen molar-refractivity contribution in [3.63, 3.8) is 0 Å². The van der Waals surface area contributed by atoms with Crippen molar-refractivity contribution in [3.05, 3.63) is 54.2 Å². The summed E-state index contributed by atoms with van der Waals surface area (Å²) >= 11 is 0. The van der Waals surface area contributed by atoms with E-state index in [1.807, 2.05) is 0 Å². The molecule has 0 radical (unpaired) electrons. The maximum atomic E-state index is 13.4. The third-order valence-electron chi connectivity index (χ3n) is 4.71. The summed E-state index contributed by atoms with van der Waals surface area (Å²) in [5.41, 5.74) is 9.63. The molecule has 0 atom stereocenters. The Morgan fingerprint density at radius 1 is 1.10 bits per heavy atom. The van der Waals surface area contributed by atoms with Crippen LogP contribution in [-0.4, -0.2) is 32.7 Å². The van der Waals surface area contributed by atoms with Gasteiger partial charge in [0, 0.05) is 41.9 Å². The average molecular weight is 432 g/mol. The van der Waals surface area contributed by atoms with Crippen LogP contribution in [0.2, 0.25) is 0 Å². The Morgan fingerprint density at radius 2 is 1.84 bits per heavy atom. The number of hydrogen-bond acceptors (Lipinski definition) is 5. The summed E-state index contributed by atoms with van der Waals surface area (Å²) in [6, 6.07) is 7.00. The molecular formula is C20H16F4N6O. The summed E-state index contributed by atoms with van der Waals surface area (Å²) in [6.07, 6.45) is -2.40. The van der Waals surface area contributed by atoms with Crippen molar-refractivity contribution in [2.45, 2.75) is 25.4 Å². The molecule has 0 bridgehead atoms. The standard InChI is InChI=1S/C20H16F4N6O/c21-12-3-1-11(2-4-12)19-14(10-30(29-19)16-5-6-17(31)28-27-16)13-7-8-26-15(18(13)25)9-20(22,23)24/h1-4,7-8,10H,5-6,9,25H2,(H,28,31). The Labute approximate surface area is 173 Å². The van der Waals surface area contributed by atoms with Crippen molar-refractivity contribution >= 4 is 17.4 Å². The van der Waals surface area contributed by atoms with Gasteiger partial charge >= 0.3 is 6.18 Å². The molecule has 0 fully saturated rings. The second kappa shape index (κ2) is 7.82. The van der Waals surface area contributed by atoms with E-state index in [9.17, 15) is 22.4 Å². The van der Waals surface area contributed by atoms with Crippen LogP contribution in [-0.2, 0) is 11.2 Å². The number of rotatable bonds is 3. The largest absolute Gasteiger partial charge is 0.397 e. The van der Waals surface area contributed by atoms with Crippen LogP contribution in [0.25, 0.3) is 22.4 Å². The van der Waals surface area contributed by atoms with Crippen molar-refractivity contribution in [3.8, 4) is 22.4 Å². The number of alkyl halides is 3. The Hall–Kier alpha value is -3.76. The molecular weight excluding hydrogens is 416 g/mol. The number of nitrogens with zero attached hydrogens (tertiary/aromatic N) is 4. The van der Waals surface area contributed by atoms with Gasteiger partial charge in [-0.2, -0.15) is 23.4 Å². The molecule has 160 valence electrons. The van der Waals surface area contributed by atoms with Gasteiger partial charge in [0.2, 0.25) is 5.91 Å². The molecule has 1 aliphatic heterocycles. The van der Waals surface area contributed by atoms with Crippen LogP contribution >= 0.6 is 0 Å². The molecule has 1 amide bonds. The summed E-state index contributed by atoms with van der Waals surface area (Å²) in [7, 11) is 0. The number of nitrogen functional groups attached to an aromatic ring is 1. The van der Waals surface area contributed by atoms with Crippen molar-refractivity contribution < 1.29 is 22.4 Å². The van der Waals surface area contributed by atoms with Crippen LogP contribution in [0.4, 0.5) is 23.2 Å². The topological polar surface area (TPSA) is 98.2 Å². The highest BCUT2D eigenvalue weighted by Crippen LogP contribution is 2.36. The lowest BCUT2D eigenvalue weighted by Gasteiger charge is -2.12. The Morgan fingerprint density at radius 3 is 2.48 bits per heavy atom. The third kappa shape index (κ3) is 4.39. The Balaban J connectivity index is 1.86. The van der Waals surface area contributed by atoms with Crippen LogP contribution in [0.3, 0.4) is 0 Å². The summed E-state index contributed by atoms with van der Waals surface area (Å²) in [4.78, 5) is 15.2. The van der Waals surface area contributed by atoms with Crippen LogP contribution < -0.4 is 11.2 Å². The number of halogens is 4. The molecule has 1 aromatic carbocycles. The number of aromatic nitrogens is 3. The minimum absolute atomic E-state index is 0.123. The van der Waals surface area contributed by atoms with E-state index in [-0.39, 0.29) is 23.7 Å². The lowest BCUT2D eigenvalue weighted by molar-refractivity contribution is -0.127. The fraction of sp³-hybridized carbons (Fsp3) is 0.200. The highest BCUT2D eigenvalue weighted by Gasteiger charge is 2.30. The number of pyridine rings is 1. The first-order chi connectivity index (χ1) is 14.7. The molecule has 0 saturated carbocycles. The van der Waals surface area contributed by atoms with Gasteiger partial charge in [-0.05, 0) is 30.3 Å². The number of anilines is 1. The van der Waals surface area contributed by atoms with E-state index in [1.54, 1.807) is 6.20 Å². The highest BCUT2D eigenvalue weighted by atomic mass is 19.4. The highest BCUT2D eigenvalue weighted by molar-refractivity contribution is 5.94. The van der Waals surface area contributed by atoms with Crippen LogP contribution in [0, 0.1) is 5.82 Å². The zero-order chi connectivity index (χ0) is 22.2. The van der Waals surface area contributed by atoms with Crippen molar-refractivity contribution in [2.24, 2.45) is 5.10 Å². The third-order valence-corrected chi connectivity index (χ3v) is 4.71. The maximum absolute atomic E-state index is 13.4. The predicted molar refractivity (Wildman–Crippen MR) is 105 cm³/mol. The molecule has 3 heterocycles. The van der Waals surface area contributed by atoms with E-state index in [2.05, 4.69) is 20.6 Å². The number of nitrogens with one attached hydrogen (secondary N) is 1. The Kier molecular flexibility index (Phi) is 5.17. The number of amides is 1. The number of carbonyl (C=O) groups is 1. The molecule has 11 heteroatoms. The molecule has 1 aliphatic rings. The zero-order valence-corrected chi connectivity index (χ0v) is 15.9. The summed E-state index contributed by atoms with van der Waals surface area (Å²) in [6.45, 7) is 0. The number of hydrazone groups is 1. The minimum atomic E-state index is -4.47. The number of hydrogen-bond donors (Lipinski definition) is 2. The number of carbonyl (C=O) groups excluding carboxylic acids is 1. The predicted octanol–water partition coefficient (Wildman–Crippen LogP) is 3.51. The molecule has 3 aromatic rings. The second-order valence-electron chi connectivity index (χ2n) is 6.92. The molecule has 2 aromatic heterocycles. The van der Waals surface area contributed by atoms with E-state index in [4.69, 9.17) is 5.73 Å². The summed E-state index contributed by atoms with van der Waals surface area (Å²) in [5.74, 6) is -0.234. The normalized spacial score (nSPS) is 14.3. The van der Waals surface area contributed by atoms with Gasteiger partial charge in [0.05, 0.1) is 17.8 Å². The van der Waals surface area contributed by atoms with E-state index < -0.39 is 18.4 Å². The molecule has 7 nitrogen and oxygen atoms in total.